The average Bonchev–Trinajstić information content (AvgIpc) is 2.99. The predicted octanol–water partition coefficient (Wildman–Crippen LogP) is 4.78. The van der Waals surface area contributed by atoms with Gasteiger partial charge in [0, 0.05) is 24.2 Å². The number of alkyl carbamates (subject to hydrolysis) is 1. The van der Waals surface area contributed by atoms with Crippen LogP contribution in [0.5, 0.6) is 0 Å². The number of rotatable bonds is 9. The molecular weight excluding hydrogens is 622 g/mol. The second kappa shape index (κ2) is 16.9. The highest BCUT2D eigenvalue weighted by molar-refractivity contribution is 6.63. The van der Waals surface area contributed by atoms with Gasteiger partial charge in [0.15, 0.2) is 5.84 Å². The molecule has 2 aromatic carbocycles. The number of aliphatic imine (C=N–C) groups is 1. The third kappa shape index (κ3) is 11.2. The van der Waals surface area contributed by atoms with E-state index < -0.39 is 17.3 Å². The monoisotopic (exact) mass is 659 g/mol. The molecule has 0 atom stereocenters. The molecule has 0 bridgehead atoms. The Bertz CT molecular complexity index is 1740. The third-order valence-electron chi connectivity index (χ3n) is 6.52. The second-order valence-electron chi connectivity index (χ2n) is 11.5. The number of aryl methyl sites for hydroxylation is 1. The van der Waals surface area contributed by atoms with Crippen LogP contribution in [0, 0.1) is 6.92 Å². The molecule has 0 saturated carbocycles. The van der Waals surface area contributed by atoms with Crippen LogP contribution in [0.1, 0.15) is 37.6 Å². The molecule has 0 radical (unpaired) electrons. The summed E-state index contributed by atoms with van der Waals surface area (Å²) in [4.78, 5) is 64.8. The number of nitrogens with zero attached hydrogens (tertiary/aromatic N) is 2. The van der Waals surface area contributed by atoms with E-state index in [-0.39, 0.29) is 47.9 Å². The van der Waals surface area contributed by atoms with Gasteiger partial charge in [0.1, 0.15) is 11.3 Å². The van der Waals surface area contributed by atoms with E-state index in [1.165, 1.54) is 10.6 Å². The van der Waals surface area contributed by atoms with Crippen LogP contribution in [0.3, 0.4) is 0 Å². The van der Waals surface area contributed by atoms with Crippen LogP contribution < -0.4 is 21.5 Å². The maximum absolute atomic E-state index is 13.7. The highest BCUT2D eigenvalue weighted by Crippen LogP contribution is 2.24. The second-order valence-corrected chi connectivity index (χ2v) is 11.9. The van der Waals surface area contributed by atoms with Crippen molar-refractivity contribution in [2.45, 2.75) is 46.1 Å². The zero-order valence-corrected chi connectivity index (χ0v) is 27.5. The number of hydrogen-bond donors (Lipinski definition) is 3. The van der Waals surface area contributed by atoms with Crippen LogP contribution in [0.25, 0.3) is 5.70 Å². The molecule has 12 heteroatoms. The number of hydrogen-bond acceptors (Lipinski definition) is 7. The van der Waals surface area contributed by atoms with Crippen molar-refractivity contribution in [1.29, 1.82) is 0 Å². The van der Waals surface area contributed by atoms with Crippen LogP contribution in [-0.4, -0.2) is 52.7 Å². The summed E-state index contributed by atoms with van der Waals surface area (Å²) in [5.41, 5.74) is 2.33. The average molecular weight is 660 g/mol. The molecule has 3 amide bonds. The molecule has 1 aliphatic rings. The van der Waals surface area contributed by atoms with Crippen molar-refractivity contribution in [3.63, 3.8) is 0 Å². The van der Waals surface area contributed by atoms with E-state index >= 15 is 0 Å². The molecule has 2 heterocycles. The van der Waals surface area contributed by atoms with Crippen LogP contribution in [0.4, 0.5) is 10.5 Å². The number of ether oxygens (including phenoxy) is 1. The van der Waals surface area contributed by atoms with E-state index in [2.05, 4.69) is 27.5 Å². The van der Waals surface area contributed by atoms with Crippen molar-refractivity contribution in [1.82, 2.24) is 15.2 Å². The Hall–Kier alpha value is -5.29. The van der Waals surface area contributed by atoms with Crippen molar-refractivity contribution in [2.24, 2.45) is 4.99 Å². The van der Waals surface area contributed by atoms with Crippen LogP contribution >= 0.6 is 11.6 Å². The third-order valence-corrected chi connectivity index (χ3v) is 6.65. The van der Waals surface area contributed by atoms with Crippen molar-refractivity contribution in [3.05, 3.63) is 118 Å². The lowest BCUT2D eigenvalue weighted by atomic mass is 10.0. The molecule has 47 heavy (non-hydrogen) atoms. The van der Waals surface area contributed by atoms with Crippen LogP contribution in [-0.2, 0) is 32.0 Å². The fraction of sp³-hybridized carbons (Fsp3) is 0.257. The number of amidine groups is 1. The van der Waals surface area contributed by atoms with E-state index in [0.29, 0.717) is 29.7 Å². The molecule has 3 N–H and O–H groups in total. The summed E-state index contributed by atoms with van der Waals surface area (Å²) < 4.78 is 6.70. The van der Waals surface area contributed by atoms with Gasteiger partial charge in [0.05, 0.1) is 18.7 Å². The Morgan fingerprint density at radius 1 is 0.957 bits per heavy atom. The smallest absolute Gasteiger partial charge is 0.413 e. The molecule has 0 spiro atoms. The summed E-state index contributed by atoms with van der Waals surface area (Å²) in [6.07, 6.45) is 0.190. The first-order valence-electron chi connectivity index (χ1n) is 14.7. The SMILES string of the molecule is C=C1CN=C(NC(=O)OC(C)(C)C)C(n2c(C)ccc(NC(=O)Cc3ccccc3)c2=O)=C1CNC=O.O=C(Cl)Cc1ccccc1. The molecule has 0 fully saturated rings. The quantitative estimate of drug-likeness (QED) is 0.222. The molecule has 246 valence electrons. The van der Waals surface area contributed by atoms with E-state index in [4.69, 9.17) is 16.3 Å². The number of aromatic nitrogens is 1. The van der Waals surface area contributed by atoms with E-state index in [1.807, 2.05) is 60.7 Å². The summed E-state index contributed by atoms with van der Waals surface area (Å²) in [5.74, 6) is -0.272. The maximum Gasteiger partial charge on any atom is 0.413 e. The number of halogens is 1. The zero-order chi connectivity index (χ0) is 34.6. The first-order chi connectivity index (χ1) is 22.3. The van der Waals surface area contributed by atoms with E-state index in [0.717, 1.165) is 11.1 Å². The van der Waals surface area contributed by atoms with Gasteiger partial charge in [-0.05, 0) is 68.1 Å². The summed E-state index contributed by atoms with van der Waals surface area (Å²) in [6.45, 7) is 11.1. The largest absolute Gasteiger partial charge is 0.444 e. The number of nitrogens with one attached hydrogen (secondary N) is 3. The van der Waals surface area contributed by atoms with E-state index in [9.17, 15) is 24.0 Å². The van der Waals surface area contributed by atoms with Crippen LogP contribution in [0.15, 0.2) is 100 Å². The minimum atomic E-state index is -0.760. The summed E-state index contributed by atoms with van der Waals surface area (Å²) >= 11 is 5.17. The normalized spacial score (nSPS) is 12.6. The van der Waals surface area contributed by atoms with Gasteiger partial charge in [0.2, 0.25) is 17.6 Å². The number of anilines is 1. The number of carbonyl (C=O) groups is 4. The van der Waals surface area contributed by atoms with Crippen molar-refractivity contribution < 1.29 is 23.9 Å². The first kappa shape index (κ1) is 36.2. The van der Waals surface area contributed by atoms with Crippen molar-refractivity contribution in [2.75, 3.05) is 18.4 Å². The maximum atomic E-state index is 13.7. The van der Waals surface area contributed by atoms with E-state index in [1.54, 1.807) is 33.8 Å². The van der Waals surface area contributed by atoms with Gasteiger partial charge in [-0.25, -0.2) is 4.79 Å². The Labute approximate surface area is 278 Å². The first-order valence-corrected chi connectivity index (χ1v) is 15.1. The molecule has 11 nitrogen and oxygen atoms in total. The van der Waals surface area contributed by atoms with Gasteiger partial charge in [-0.2, -0.15) is 0 Å². The fourth-order valence-electron chi connectivity index (χ4n) is 4.48. The number of dihydropyridines is 1. The van der Waals surface area contributed by atoms with Gasteiger partial charge in [-0.15, -0.1) is 0 Å². The topological polar surface area (TPSA) is 148 Å². The highest BCUT2D eigenvalue weighted by atomic mass is 35.5. The standard InChI is InChI=1S/C27H31N5O5.C8H7ClO/c1-17-14-29-24(31-26(36)37-27(3,4)5)23(20(17)15-28-16-33)32-18(2)11-12-21(25(32)35)30-22(34)13-19-9-7-6-8-10-19;9-8(10)6-7-4-2-1-3-5-7/h6-12,16H,1,13-15H2,2-5H3,(H,28,33)(H,30,34)(H,29,31,36);1-5H,6H2. The van der Waals surface area contributed by atoms with Crippen LogP contribution in [0.2, 0.25) is 0 Å². The van der Waals surface area contributed by atoms with Crippen molar-refractivity contribution >= 4 is 52.5 Å². The number of carbonyl (C=O) groups excluding carboxylic acids is 4. The lowest BCUT2D eigenvalue weighted by molar-refractivity contribution is -0.115. The minimum absolute atomic E-state index is 0.0448. The van der Waals surface area contributed by atoms with Gasteiger partial charge in [-0.1, -0.05) is 67.2 Å². The lowest BCUT2D eigenvalue weighted by Crippen LogP contribution is -2.42. The van der Waals surface area contributed by atoms with Crippen molar-refractivity contribution in [3.8, 4) is 0 Å². The van der Waals surface area contributed by atoms with Gasteiger partial charge in [0.25, 0.3) is 5.56 Å². The molecule has 0 saturated heterocycles. The molecular formula is C35H38ClN5O6. The number of pyridine rings is 1. The summed E-state index contributed by atoms with van der Waals surface area (Å²) in [6, 6.07) is 21.8. The molecule has 1 aromatic heterocycles. The molecule has 0 aliphatic carbocycles. The Morgan fingerprint density at radius 3 is 2.11 bits per heavy atom. The number of amides is 3. The summed E-state index contributed by atoms with van der Waals surface area (Å²) in [7, 11) is 0. The highest BCUT2D eigenvalue weighted by Gasteiger charge is 2.28. The lowest BCUT2D eigenvalue weighted by Gasteiger charge is -2.27. The molecule has 0 unspecified atom stereocenters. The Kier molecular flexibility index (Phi) is 13.0. The molecule has 4 rings (SSSR count). The van der Waals surface area contributed by atoms with Gasteiger partial charge >= 0.3 is 6.09 Å². The van der Waals surface area contributed by atoms with Gasteiger partial charge < -0.3 is 15.4 Å². The van der Waals surface area contributed by atoms with Gasteiger partial charge in [-0.3, -0.25) is 34.1 Å². The Morgan fingerprint density at radius 2 is 1.55 bits per heavy atom. The minimum Gasteiger partial charge on any atom is -0.444 e. The summed E-state index contributed by atoms with van der Waals surface area (Å²) in [5, 5.41) is 7.58. The molecule has 3 aromatic rings. The predicted molar refractivity (Wildman–Crippen MR) is 183 cm³/mol. The molecule has 1 aliphatic heterocycles. The zero-order valence-electron chi connectivity index (χ0n) is 26.8. The number of benzene rings is 2. The fourth-order valence-corrected chi connectivity index (χ4v) is 4.64. The Balaban J connectivity index is 0.000000511.